The summed E-state index contributed by atoms with van der Waals surface area (Å²) < 4.78 is 0. The van der Waals surface area contributed by atoms with Crippen molar-refractivity contribution in [3.63, 3.8) is 0 Å². The molecule has 0 fully saturated rings. The summed E-state index contributed by atoms with van der Waals surface area (Å²) in [5, 5.41) is 0. The Bertz CT molecular complexity index is 88.9. The third-order valence-electron chi connectivity index (χ3n) is 2.50. The maximum atomic E-state index is 3.01. The highest BCUT2D eigenvalue weighted by atomic mass is 31.0. The van der Waals surface area contributed by atoms with E-state index in [9.17, 15) is 0 Å². The Balaban J connectivity index is 3.81. The molecule has 1 heteroatoms. The molecule has 0 heterocycles. The van der Waals surface area contributed by atoms with Gasteiger partial charge in [-0.2, -0.15) is 0 Å². The van der Waals surface area contributed by atoms with Gasteiger partial charge in [-0.1, -0.05) is 40.5 Å². The van der Waals surface area contributed by atoms with Crippen molar-refractivity contribution in [3.8, 4) is 0 Å². The summed E-state index contributed by atoms with van der Waals surface area (Å²) in [7, 11) is 3.01. The van der Waals surface area contributed by atoms with Gasteiger partial charge in [0.1, 0.15) is 0 Å². The first kappa shape index (κ1) is 11.4. The standard InChI is InChI=1S/C10H23P/c1-5-7-10(11)9(6-2)8(3)4/h8-10H,5-7,11H2,1-4H3. The zero-order chi connectivity index (χ0) is 8.85. The molecule has 0 radical (unpaired) electrons. The van der Waals surface area contributed by atoms with Crippen molar-refractivity contribution in [3.05, 3.63) is 0 Å². The van der Waals surface area contributed by atoms with E-state index < -0.39 is 0 Å². The topological polar surface area (TPSA) is 0 Å². The Kier molecular flexibility index (Phi) is 6.24. The van der Waals surface area contributed by atoms with E-state index in [1.54, 1.807) is 0 Å². The molecule has 0 saturated carbocycles. The maximum absolute atomic E-state index is 3.01. The fourth-order valence-electron chi connectivity index (χ4n) is 1.82. The predicted molar refractivity (Wildman–Crippen MR) is 57.0 cm³/mol. The molecule has 11 heavy (non-hydrogen) atoms. The lowest BCUT2D eigenvalue weighted by Gasteiger charge is -2.25. The average Bonchev–Trinajstić information content (AvgIpc) is 1.88. The molecule has 0 saturated heterocycles. The van der Waals surface area contributed by atoms with Gasteiger partial charge in [0.2, 0.25) is 0 Å². The van der Waals surface area contributed by atoms with Crippen LogP contribution in [0.15, 0.2) is 0 Å². The molecular formula is C10H23P. The van der Waals surface area contributed by atoms with Gasteiger partial charge in [-0.15, -0.1) is 9.24 Å². The number of hydrogen-bond acceptors (Lipinski definition) is 0. The summed E-state index contributed by atoms with van der Waals surface area (Å²) in [5.41, 5.74) is 0.838. The molecule has 0 N–H and O–H groups in total. The predicted octanol–water partition coefficient (Wildman–Crippen LogP) is 3.71. The lowest BCUT2D eigenvalue weighted by molar-refractivity contribution is 0.349. The summed E-state index contributed by atoms with van der Waals surface area (Å²) in [6, 6.07) is 0. The summed E-state index contributed by atoms with van der Waals surface area (Å²) in [6.07, 6.45) is 4.00. The van der Waals surface area contributed by atoms with E-state index >= 15 is 0 Å². The molecule has 0 aromatic carbocycles. The summed E-state index contributed by atoms with van der Waals surface area (Å²) >= 11 is 0. The van der Waals surface area contributed by atoms with Crippen LogP contribution in [-0.4, -0.2) is 5.66 Å². The van der Waals surface area contributed by atoms with Gasteiger partial charge in [0.25, 0.3) is 0 Å². The molecule has 0 aromatic rings. The Hall–Kier alpha value is 0.430. The minimum atomic E-state index is 0.838. The van der Waals surface area contributed by atoms with Gasteiger partial charge in [-0.05, 0) is 23.9 Å². The normalized spacial score (nSPS) is 16.9. The van der Waals surface area contributed by atoms with E-state index in [0.29, 0.717) is 0 Å². The first-order chi connectivity index (χ1) is 5.13. The third-order valence-corrected chi connectivity index (χ3v) is 3.33. The third kappa shape index (κ3) is 4.11. The number of hydrogen-bond donors (Lipinski definition) is 0. The SMILES string of the molecule is CCCC(P)C(CC)C(C)C. The van der Waals surface area contributed by atoms with E-state index in [2.05, 4.69) is 36.9 Å². The average molecular weight is 174 g/mol. The highest BCUT2D eigenvalue weighted by molar-refractivity contribution is 7.17. The van der Waals surface area contributed by atoms with Crippen LogP contribution in [0.25, 0.3) is 0 Å². The van der Waals surface area contributed by atoms with Gasteiger partial charge in [0, 0.05) is 0 Å². The van der Waals surface area contributed by atoms with Crippen LogP contribution in [0.2, 0.25) is 0 Å². The first-order valence-corrected chi connectivity index (χ1v) is 5.55. The minimum Gasteiger partial charge on any atom is -0.134 e. The maximum Gasteiger partial charge on any atom is -0.0234 e. The van der Waals surface area contributed by atoms with Crippen LogP contribution in [0, 0.1) is 11.8 Å². The highest BCUT2D eigenvalue weighted by Crippen LogP contribution is 2.27. The summed E-state index contributed by atoms with van der Waals surface area (Å²) in [5.74, 6) is 1.74. The van der Waals surface area contributed by atoms with E-state index in [1.807, 2.05) is 0 Å². The molecule has 3 unspecified atom stereocenters. The van der Waals surface area contributed by atoms with E-state index in [1.165, 1.54) is 19.3 Å². The first-order valence-electron chi connectivity index (χ1n) is 4.89. The molecule has 0 rings (SSSR count). The van der Waals surface area contributed by atoms with Crippen molar-refractivity contribution >= 4 is 9.24 Å². The molecule has 0 spiro atoms. The van der Waals surface area contributed by atoms with Crippen molar-refractivity contribution in [2.75, 3.05) is 0 Å². The second kappa shape index (κ2) is 6.00. The van der Waals surface area contributed by atoms with Crippen molar-refractivity contribution < 1.29 is 0 Å². The molecule has 0 aliphatic rings. The molecule has 0 amide bonds. The Morgan fingerprint density at radius 1 is 1.18 bits per heavy atom. The largest absolute Gasteiger partial charge is 0.134 e. The summed E-state index contributed by atoms with van der Waals surface area (Å²) in [4.78, 5) is 0. The van der Waals surface area contributed by atoms with Crippen LogP contribution in [0.5, 0.6) is 0 Å². The van der Waals surface area contributed by atoms with Gasteiger partial charge >= 0.3 is 0 Å². The van der Waals surface area contributed by atoms with Gasteiger partial charge < -0.3 is 0 Å². The number of rotatable bonds is 5. The van der Waals surface area contributed by atoms with Gasteiger partial charge in [-0.25, -0.2) is 0 Å². The van der Waals surface area contributed by atoms with Crippen LogP contribution >= 0.6 is 9.24 Å². The molecule has 0 nitrogen and oxygen atoms in total. The molecule has 0 aliphatic carbocycles. The van der Waals surface area contributed by atoms with E-state index in [4.69, 9.17) is 0 Å². The summed E-state index contributed by atoms with van der Waals surface area (Å²) in [6.45, 7) is 9.24. The smallest absolute Gasteiger partial charge is 0.0234 e. The van der Waals surface area contributed by atoms with Crippen molar-refractivity contribution in [2.45, 2.75) is 52.6 Å². The minimum absolute atomic E-state index is 0.838. The van der Waals surface area contributed by atoms with Crippen LogP contribution in [-0.2, 0) is 0 Å². The zero-order valence-corrected chi connectivity index (χ0v) is 9.59. The molecule has 3 atom stereocenters. The van der Waals surface area contributed by atoms with Gasteiger partial charge in [-0.3, -0.25) is 0 Å². The van der Waals surface area contributed by atoms with Gasteiger partial charge in [0.15, 0.2) is 0 Å². The lowest BCUT2D eigenvalue weighted by atomic mass is 9.88. The monoisotopic (exact) mass is 174 g/mol. The van der Waals surface area contributed by atoms with Crippen molar-refractivity contribution in [1.82, 2.24) is 0 Å². The Labute approximate surface area is 74.4 Å². The molecule has 68 valence electrons. The quantitative estimate of drug-likeness (QED) is 0.557. The fourth-order valence-corrected chi connectivity index (χ4v) is 2.87. The van der Waals surface area contributed by atoms with E-state index in [0.717, 1.165) is 17.5 Å². The van der Waals surface area contributed by atoms with E-state index in [-0.39, 0.29) is 0 Å². The second-order valence-electron chi connectivity index (χ2n) is 3.77. The van der Waals surface area contributed by atoms with Crippen molar-refractivity contribution in [2.24, 2.45) is 11.8 Å². The Morgan fingerprint density at radius 2 is 1.73 bits per heavy atom. The molecule has 0 bridgehead atoms. The molecular weight excluding hydrogens is 151 g/mol. The second-order valence-corrected chi connectivity index (χ2v) is 4.62. The van der Waals surface area contributed by atoms with Crippen LogP contribution in [0.1, 0.15) is 47.0 Å². The zero-order valence-electron chi connectivity index (χ0n) is 8.43. The fraction of sp³-hybridized carbons (Fsp3) is 1.00. The lowest BCUT2D eigenvalue weighted by Crippen LogP contribution is -2.19. The van der Waals surface area contributed by atoms with Crippen LogP contribution in [0.3, 0.4) is 0 Å². The molecule has 0 aliphatic heterocycles. The van der Waals surface area contributed by atoms with Crippen LogP contribution < -0.4 is 0 Å². The van der Waals surface area contributed by atoms with Crippen molar-refractivity contribution in [1.29, 1.82) is 0 Å². The van der Waals surface area contributed by atoms with Gasteiger partial charge in [0.05, 0.1) is 0 Å². The highest BCUT2D eigenvalue weighted by Gasteiger charge is 2.17. The van der Waals surface area contributed by atoms with Crippen LogP contribution in [0.4, 0.5) is 0 Å². The Morgan fingerprint density at radius 3 is 2.00 bits per heavy atom. The molecule has 0 aromatic heterocycles.